The van der Waals surface area contributed by atoms with Crippen molar-refractivity contribution >= 4 is 23.7 Å². The molecule has 0 aromatic heterocycles. The summed E-state index contributed by atoms with van der Waals surface area (Å²) < 4.78 is 12.9. The number of aliphatic hydroxyl groups excluding tert-OH is 1. The molecule has 10 nitrogen and oxygen atoms in total. The summed E-state index contributed by atoms with van der Waals surface area (Å²) in [6, 6.07) is 7.19. The van der Waals surface area contributed by atoms with Crippen LogP contribution in [0.25, 0.3) is 0 Å². The molecule has 256 valence electrons. The zero-order valence-electron chi connectivity index (χ0n) is 28.1. The van der Waals surface area contributed by atoms with Crippen molar-refractivity contribution in [2.24, 2.45) is 11.8 Å². The molecular formula is C37H51N3O7. The van der Waals surface area contributed by atoms with Gasteiger partial charge in [0.2, 0.25) is 17.7 Å². The molecule has 1 N–H and O–H groups in total. The van der Waals surface area contributed by atoms with E-state index >= 15 is 0 Å². The van der Waals surface area contributed by atoms with Crippen LogP contribution in [0.1, 0.15) is 83.3 Å². The van der Waals surface area contributed by atoms with Crippen molar-refractivity contribution in [1.29, 1.82) is 0 Å². The molecule has 5 rings (SSSR count). The third-order valence-electron chi connectivity index (χ3n) is 11.0. The van der Waals surface area contributed by atoms with Crippen molar-refractivity contribution in [2.75, 3.05) is 20.2 Å². The van der Waals surface area contributed by atoms with Crippen LogP contribution in [-0.4, -0.2) is 99.6 Å². The molecule has 4 aliphatic rings. The lowest BCUT2D eigenvalue weighted by molar-refractivity contribution is -0.165. The maximum Gasteiger partial charge on any atom is 0.313 e. The van der Waals surface area contributed by atoms with Gasteiger partial charge >= 0.3 is 5.97 Å². The molecule has 3 aliphatic heterocycles. The second-order valence-corrected chi connectivity index (χ2v) is 13.7. The first-order valence-electron chi connectivity index (χ1n) is 17.2. The average Bonchev–Trinajstić information content (AvgIpc) is 3.75. The Hall–Kier alpha value is -3.50. The van der Waals surface area contributed by atoms with Crippen molar-refractivity contribution in [2.45, 2.75) is 114 Å². The van der Waals surface area contributed by atoms with E-state index in [0.29, 0.717) is 25.8 Å². The summed E-state index contributed by atoms with van der Waals surface area (Å²) in [6.07, 6.45) is 8.76. The van der Waals surface area contributed by atoms with Gasteiger partial charge in [-0.15, -0.1) is 13.2 Å². The molecular weight excluding hydrogens is 598 g/mol. The topological polar surface area (TPSA) is 117 Å². The lowest BCUT2D eigenvalue weighted by Crippen LogP contribution is -2.60. The van der Waals surface area contributed by atoms with E-state index in [1.807, 2.05) is 42.2 Å². The normalized spacial score (nSPS) is 28.7. The number of ether oxygens (including phenoxy) is 2. The van der Waals surface area contributed by atoms with Crippen LogP contribution in [0.3, 0.4) is 0 Å². The quantitative estimate of drug-likeness (QED) is 0.237. The number of carbonyl (C=O) groups excluding carboxylic acids is 4. The smallest absolute Gasteiger partial charge is 0.313 e. The predicted octanol–water partition coefficient (Wildman–Crippen LogP) is 4.19. The maximum absolute atomic E-state index is 14.6. The third-order valence-corrected chi connectivity index (χ3v) is 11.0. The maximum atomic E-state index is 14.6. The SMILES string of the molecule is C=CCCC(=O)N(C)[C@@H](C)[C@@H](OC(=O)[C@@H]1[C@@H]2CC[C@]3(O2)[C@H](C(=O)N(CC=C)C2CCCCC2)N([C@H](C)CO)C(=O)[C@@H]13)c1ccccc1. The van der Waals surface area contributed by atoms with Gasteiger partial charge in [0.25, 0.3) is 0 Å². The molecule has 8 atom stereocenters. The van der Waals surface area contributed by atoms with E-state index in [1.165, 1.54) is 4.90 Å². The zero-order valence-corrected chi connectivity index (χ0v) is 28.1. The second kappa shape index (κ2) is 14.7. The van der Waals surface area contributed by atoms with Crippen LogP contribution in [0.2, 0.25) is 0 Å². The first kappa shape index (κ1) is 34.8. The molecule has 3 amide bonds. The molecule has 0 unspecified atom stereocenters. The minimum atomic E-state index is -1.20. The van der Waals surface area contributed by atoms with Gasteiger partial charge in [0.1, 0.15) is 17.7 Å². The van der Waals surface area contributed by atoms with Gasteiger partial charge < -0.3 is 29.3 Å². The van der Waals surface area contributed by atoms with E-state index in [2.05, 4.69) is 13.2 Å². The molecule has 1 saturated carbocycles. The monoisotopic (exact) mass is 649 g/mol. The summed E-state index contributed by atoms with van der Waals surface area (Å²) in [7, 11) is 1.70. The van der Waals surface area contributed by atoms with Gasteiger partial charge in [-0.1, -0.05) is 61.7 Å². The molecule has 4 fully saturated rings. The predicted molar refractivity (Wildman–Crippen MR) is 177 cm³/mol. The number of rotatable bonds is 14. The van der Waals surface area contributed by atoms with Crippen LogP contribution < -0.4 is 0 Å². The van der Waals surface area contributed by atoms with Gasteiger partial charge in [-0.25, -0.2) is 0 Å². The minimum absolute atomic E-state index is 0.0322. The van der Waals surface area contributed by atoms with Crippen molar-refractivity contribution in [1.82, 2.24) is 14.7 Å². The fraction of sp³-hybridized carbons (Fsp3) is 0.622. The Kier molecular flexibility index (Phi) is 10.9. The van der Waals surface area contributed by atoms with Gasteiger partial charge in [0, 0.05) is 26.1 Å². The molecule has 10 heteroatoms. The van der Waals surface area contributed by atoms with E-state index in [-0.39, 0.29) is 36.8 Å². The van der Waals surface area contributed by atoms with Crippen LogP contribution in [0.5, 0.6) is 0 Å². The number of amides is 3. The third kappa shape index (κ3) is 6.38. The zero-order chi connectivity index (χ0) is 33.9. The second-order valence-electron chi connectivity index (χ2n) is 13.7. The van der Waals surface area contributed by atoms with Crippen molar-refractivity contribution in [3.63, 3.8) is 0 Å². The Bertz CT molecular complexity index is 1330. The number of fused-ring (bicyclic) bond motifs is 1. The molecule has 1 spiro atoms. The van der Waals surface area contributed by atoms with E-state index in [1.54, 1.807) is 31.0 Å². The molecule has 1 aromatic rings. The largest absolute Gasteiger partial charge is 0.455 e. The molecule has 1 aliphatic carbocycles. The molecule has 1 aromatic carbocycles. The first-order valence-corrected chi connectivity index (χ1v) is 17.2. The highest BCUT2D eigenvalue weighted by Gasteiger charge is 2.75. The highest BCUT2D eigenvalue weighted by Crippen LogP contribution is 2.59. The van der Waals surface area contributed by atoms with Crippen LogP contribution >= 0.6 is 0 Å². The standard InChI is InChI=1S/C37H51N3O7/c1-6-8-19-29(42)38(5)25(4)32(26-15-11-9-12-16-26)46-36(45)30-28-20-21-37(47-28)31(30)34(43)40(24(3)23-41)33(37)35(44)39(22-7-2)27-17-13-10-14-18-27/h6-7,9,11-12,15-16,24-25,27-28,30-33,41H,1-2,8,10,13-14,17-23H2,3-5H3/t24-,25+,28+,30-,31-,32-,33+,37-/m1/s1. The van der Waals surface area contributed by atoms with Crippen LogP contribution in [0, 0.1) is 11.8 Å². The summed E-state index contributed by atoms with van der Waals surface area (Å²) in [4.78, 5) is 61.3. The number of benzene rings is 1. The summed E-state index contributed by atoms with van der Waals surface area (Å²) >= 11 is 0. The Morgan fingerprint density at radius 2 is 1.81 bits per heavy atom. The summed E-state index contributed by atoms with van der Waals surface area (Å²) in [6.45, 7) is 11.2. The van der Waals surface area contributed by atoms with Gasteiger partial charge in [0.15, 0.2) is 0 Å². The fourth-order valence-electron chi connectivity index (χ4n) is 8.43. The Labute approximate surface area is 278 Å². The number of nitrogens with zero attached hydrogens (tertiary/aromatic N) is 3. The Morgan fingerprint density at radius 3 is 2.45 bits per heavy atom. The molecule has 3 heterocycles. The first-order chi connectivity index (χ1) is 22.6. The number of carbonyl (C=O) groups is 4. The van der Waals surface area contributed by atoms with Gasteiger partial charge in [0.05, 0.1) is 36.6 Å². The summed E-state index contributed by atoms with van der Waals surface area (Å²) in [5.41, 5.74) is -0.477. The number of hydrogen-bond acceptors (Lipinski definition) is 7. The van der Waals surface area contributed by atoms with Crippen molar-refractivity contribution in [3.8, 4) is 0 Å². The van der Waals surface area contributed by atoms with Crippen LogP contribution in [0.4, 0.5) is 0 Å². The van der Waals surface area contributed by atoms with E-state index in [0.717, 1.165) is 37.7 Å². The van der Waals surface area contributed by atoms with Crippen molar-refractivity contribution in [3.05, 3.63) is 61.2 Å². The van der Waals surface area contributed by atoms with Crippen LogP contribution in [0.15, 0.2) is 55.6 Å². The number of likely N-dealkylation sites (tertiary alicyclic amines) is 1. The minimum Gasteiger partial charge on any atom is -0.455 e. The average molecular weight is 650 g/mol. The number of esters is 1. The number of aliphatic hydroxyl groups is 1. The van der Waals surface area contributed by atoms with Gasteiger partial charge in [-0.3, -0.25) is 19.2 Å². The lowest BCUT2D eigenvalue weighted by Gasteiger charge is -2.41. The highest BCUT2D eigenvalue weighted by atomic mass is 16.6. The van der Waals surface area contributed by atoms with Crippen LogP contribution in [-0.2, 0) is 28.7 Å². The molecule has 3 saturated heterocycles. The van der Waals surface area contributed by atoms with Crippen molar-refractivity contribution < 1.29 is 33.8 Å². The lowest BCUT2D eigenvalue weighted by atomic mass is 9.70. The summed E-state index contributed by atoms with van der Waals surface area (Å²) in [5, 5.41) is 10.3. The Balaban J connectivity index is 1.47. The Morgan fingerprint density at radius 1 is 1.11 bits per heavy atom. The van der Waals surface area contributed by atoms with Gasteiger partial charge in [-0.2, -0.15) is 0 Å². The molecule has 2 bridgehead atoms. The summed E-state index contributed by atoms with van der Waals surface area (Å²) in [5.74, 6) is -3.10. The van der Waals surface area contributed by atoms with E-state index < -0.39 is 53.7 Å². The van der Waals surface area contributed by atoms with Gasteiger partial charge in [-0.05, 0) is 51.5 Å². The molecule has 47 heavy (non-hydrogen) atoms. The fourth-order valence-corrected chi connectivity index (χ4v) is 8.43. The highest BCUT2D eigenvalue weighted by molar-refractivity contribution is 5.98. The van der Waals surface area contributed by atoms with E-state index in [4.69, 9.17) is 9.47 Å². The van der Waals surface area contributed by atoms with E-state index in [9.17, 15) is 24.3 Å². The number of allylic oxidation sites excluding steroid dienone is 1. The number of likely N-dealkylation sites (N-methyl/N-ethyl adjacent to an activating group) is 1. The molecule has 0 radical (unpaired) electrons. The number of hydrogen-bond donors (Lipinski definition) is 1.